The summed E-state index contributed by atoms with van der Waals surface area (Å²) in [7, 11) is 0. The van der Waals surface area contributed by atoms with Gasteiger partial charge in [-0.15, -0.1) is 11.3 Å². The number of nitrogens with one attached hydrogen (secondary N) is 2. The van der Waals surface area contributed by atoms with Crippen LogP contribution in [0.1, 0.15) is 45.0 Å². The summed E-state index contributed by atoms with van der Waals surface area (Å²) in [5.41, 5.74) is 0. The number of thiophene rings is 1. The quantitative estimate of drug-likeness (QED) is 0.798. The van der Waals surface area contributed by atoms with Crippen LogP contribution in [0.3, 0.4) is 0 Å². The van der Waals surface area contributed by atoms with Gasteiger partial charge in [0.1, 0.15) is 0 Å². The minimum Gasteiger partial charge on any atom is -0.353 e. The lowest BCUT2D eigenvalue weighted by Crippen LogP contribution is -2.40. The topological polar surface area (TPSA) is 41.1 Å². The molecule has 0 aliphatic rings. The van der Waals surface area contributed by atoms with Crippen LogP contribution in [0.25, 0.3) is 0 Å². The average molecular weight is 268 g/mol. The molecule has 0 bridgehead atoms. The lowest BCUT2D eigenvalue weighted by Gasteiger charge is -2.21. The normalized spacial score (nSPS) is 14.5. The summed E-state index contributed by atoms with van der Waals surface area (Å²) >= 11 is 1.74. The summed E-state index contributed by atoms with van der Waals surface area (Å²) < 4.78 is 0. The number of carbonyl (C=O) groups excluding carboxylic acids is 1. The lowest BCUT2D eigenvalue weighted by atomic mass is 10.0. The fourth-order valence-electron chi connectivity index (χ4n) is 1.76. The highest BCUT2D eigenvalue weighted by Crippen LogP contribution is 2.25. The van der Waals surface area contributed by atoms with Gasteiger partial charge in [0.15, 0.2) is 0 Å². The second kappa shape index (κ2) is 7.54. The molecule has 102 valence electrons. The summed E-state index contributed by atoms with van der Waals surface area (Å²) in [6.45, 7) is 8.82. The van der Waals surface area contributed by atoms with Crippen molar-refractivity contribution in [3.05, 3.63) is 22.4 Å². The van der Waals surface area contributed by atoms with E-state index in [9.17, 15) is 4.79 Å². The van der Waals surface area contributed by atoms with Gasteiger partial charge in [-0.3, -0.25) is 4.79 Å². The first-order chi connectivity index (χ1) is 8.54. The van der Waals surface area contributed by atoms with E-state index in [1.807, 2.05) is 6.92 Å². The van der Waals surface area contributed by atoms with Crippen molar-refractivity contribution in [2.45, 2.75) is 46.2 Å². The Morgan fingerprint density at radius 1 is 1.39 bits per heavy atom. The molecule has 1 aromatic rings. The molecule has 3 nitrogen and oxygen atoms in total. The van der Waals surface area contributed by atoms with E-state index in [4.69, 9.17) is 0 Å². The van der Waals surface area contributed by atoms with E-state index in [-0.39, 0.29) is 18.0 Å². The van der Waals surface area contributed by atoms with Crippen LogP contribution in [0.2, 0.25) is 0 Å². The summed E-state index contributed by atoms with van der Waals surface area (Å²) in [4.78, 5) is 13.0. The van der Waals surface area contributed by atoms with Gasteiger partial charge in [-0.2, -0.15) is 0 Å². The van der Waals surface area contributed by atoms with Crippen molar-refractivity contribution >= 4 is 17.2 Å². The van der Waals surface area contributed by atoms with Crippen molar-refractivity contribution in [1.29, 1.82) is 0 Å². The van der Waals surface area contributed by atoms with E-state index in [0.29, 0.717) is 12.5 Å². The Bertz CT molecular complexity index is 349. The van der Waals surface area contributed by atoms with Gasteiger partial charge in [-0.05, 0) is 30.7 Å². The van der Waals surface area contributed by atoms with Crippen LogP contribution in [0.5, 0.6) is 0 Å². The number of carbonyl (C=O) groups is 1. The maximum absolute atomic E-state index is 11.7. The highest BCUT2D eigenvalue weighted by molar-refractivity contribution is 7.10. The molecule has 0 saturated carbocycles. The zero-order valence-corrected chi connectivity index (χ0v) is 12.5. The molecule has 4 heteroatoms. The van der Waals surface area contributed by atoms with E-state index in [1.165, 1.54) is 4.88 Å². The molecule has 0 aliphatic carbocycles. The fourth-order valence-corrected chi connectivity index (χ4v) is 2.74. The van der Waals surface area contributed by atoms with Crippen LogP contribution in [0.15, 0.2) is 17.5 Å². The highest BCUT2D eigenvalue weighted by atomic mass is 32.1. The Morgan fingerprint density at radius 3 is 2.61 bits per heavy atom. The molecule has 0 aliphatic heterocycles. The second-order valence-electron chi connectivity index (χ2n) is 4.99. The Hall–Kier alpha value is -0.870. The largest absolute Gasteiger partial charge is 0.353 e. The highest BCUT2D eigenvalue weighted by Gasteiger charge is 2.17. The smallest absolute Gasteiger partial charge is 0.234 e. The maximum Gasteiger partial charge on any atom is 0.234 e. The van der Waals surface area contributed by atoms with Gasteiger partial charge >= 0.3 is 0 Å². The van der Waals surface area contributed by atoms with Gasteiger partial charge in [-0.1, -0.05) is 26.8 Å². The van der Waals surface area contributed by atoms with E-state index in [1.54, 1.807) is 11.3 Å². The second-order valence-corrected chi connectivity index (χ2v) is 5.97. The first kappa shape index (κ1) is 15.2. The molecule has 0 radical (unpaired) electrons. The minimum absolute atomic E-state index is 0.0755. The molecule has 18 heavy (non-hydrogen) atoms. The minimum atomic E-state index is 0.0755. The molecule has 0 fully saturated rings. The van der Waals surface area contributed by atoms with Crippen molar-refractivity contribution in [3.63, 3.8) is 0 Å². The number of hydrogen-bond donors (Lipinski definition) is 2. The zero-order valence-electron chi connectivity index (χ0n) is 11.7. The molecular formula is C14H24N2OS. The van der Waals surface area contributed by atoms with E-state index < -0.39 is 0 Å². The summed E-state index contributed by atoms with van der Waals surface area (Å²) in [6.07, 6.45) is 0.963. The Labute approximate surface area is 114 Å². The third-order valence-corrected chi connectivity index (χ3v) is 3.97. The van der Waals surface area contributed by atoms with Crippen molar-refractivity contribution in [1.82, 2.24) is 10.6 Å². The van der Waals surface area contributed by atoms with E-state index in [0.717, 1.165) is 6.42 Å². The SMILES string of the molecule is CCC(C)NC(=O)CNC(c1cccs1)C(C)C. The van der Waals surface area contributed by atoms with Gasteiger partial charge in [0.25, 0.3) is 0 Å². The number of hydrogen-bond acceptors (Lipinski definition) is 3. The van der Waals surface area contributed by atoms with Crippen molar-refractivity contribution in [3.8, 4) is 0 Å². The predicted molar refractivity (Wildman–Crippen MR) is 77.8 cm³/mol. The van der Waals surface area contributed by atoms with Crippen LogP contribution < -0.4 is 10.6 Å². The third kappa shape index (κ3) is 4.78. The molecule has 0 spiro atoms. The summed E-state index contributed by atoms with van der Waals surface area (Å²) in [5.74, 6) is 0.548. The number of rotatable bonds is 7. The molecule has 1 aromatic heterocycles. The standard InChI is InChI=1S/C14H24N2OS/c1-5-11(4)16-13(17)9-15-14(10(2)3)12-7-6-8-18-12/h6-8,10-11,14-15H,5,9H2,1-4H3,(H,16,17). The first-order valence-electron chi connectivity index (χ1n) is 6.60. The Kier molecular flexibility index (Phi) is 6.36. The zero-order chi connectivity index (χ0) is 13.5. The Morgan fingerprint density at radius 2 is 2.11 bits per heavy atom. The van der Waals surface area contributed by atoms with Crippen LogP contribution in [0, 0.1) is 5.92 Å². The van der Waals surface area contributed by atoms with Gasteiger partial charge in [0, 0.05) is 17.0 Å². The van der Waals surface area contributed by atoms with Gasteiger partial charge in [0.2, 0.25) is 5.91 Å². The molecule has 2 unspecified atom stereocenters. The fraction of sp³-hybridized carbons (Fsp3) is 0.643. The predicted octanol–water partition coefficient (Wildman–Crippen LogP) is 2.95. The molecule has 0 saturated heterocycles. The van der Waals surface area contributed by atoms with Crippen LogP contribution in [-0.2, 0) is 4.79 Å². The molecule has 1 amide bonds. The van der Waals surface area contributed by atoms with Crippen molar-refractivity contribution in [2.75, 3.05) is 6.54 Å². The summed E-state index contributed by atoms with van der Waals surface area (Å²) in [5, 5.41) is 8.40. The maximum atomic E-state index is 11.7. The van der Waals surface area contributed by atoms with Crippen molar-refractivity contribution in [2.24, 2.45) is 5.92 Å². The molecular weight excluding hydrogens is 244 g/mol. The average Bonchev–Trinajstić information content (AvgIpc) is 2.82. The molecule has 2 atom stereocenters. The third-order valence-electron chi connectivity index (χ3n) is 3.02. The first-order valence-corrected chi connectivity index (χ1v) is 7.48. The monoisotopic (exact) mass is 268 g/mol. The van der Waals surface area contributed by atoms with Crippen molar-refractivity contribution < 1.29 is 4.79 Å². The Balaban J connectivity index is 2.46. The van der Waals surface area contributed by atoms with Gasteiger partial charge in [-0.25, -0.2) is 0 Å². The van der Waals surface area contributed by atoms with Gasteiger partial charge in [0.05, 0.1) is 6.54 Å². The van der Waals surface area contributed by atoms with E-state index >= 15 is 0 Å². The van der Waals surface area contributed by atoms with Crippen LogP contribution in [0.4, 0.5) is 0 Å². The summed E-state index contributed by atoms with van der Waals surface area (Å²) in [6, 6.07) is 4.68. The molecule has 1 rings (SSSR count). The lowest BCUT2D eigenvalue weighted by molar-refractivity contribution is -0.121. The number of amides is 1. The van der Waals surface area contributed by atoms with Crippen LogP contribution in [-0.4, -0.2) is 18.5 Å². The van der Waals surface area contributed by atoms with Crippen LogP contribution >= 0.6 is 11.3 Å². The molecule has 1 heterocycles. The molecule has 0 aromatic carbocycles. The van der Waals surface area contributed by atoms with E-state index in [2.05, 4.69) is 48.9 Å². The van der Waals surface area contributed by atoms with Gasteiger partial charge < -0.3 is 10.6 Å². The molecule has 2 N–H and O–H groups in total.